The van der Waals surface area contributed by atoms with Gasteiger partial charge in [-0.25, -0.2) is 4.39 Å². The third-order valence-corrected chi connectivity index (χ3v) is 3.22. The summed E-state index contributed by atoms with van der Waals surface area (Å²) < 4.78 is 13.4. The number of carbonyl (C=O) groups excluding carboxylic acids is 2. The smallest absolute Gasteiger partial charge is 0.257 e. The summed E-state index contributed by atoms with van der Waals surface area (Å²) in [6.45, 7) is -0.168. The Bertz CT molecular complexity index is 760. The van der Waals surface area contributed by atoms with Crippen LogP contribution in [-0.4, -0.2) is 35.3 Å². The highest BCUT2D eigenvalue weighted by Crippen LogP contribution is 2.09. The van der Waals surface area contributed by atoms with Crippen molar-refractivity contribution in [2.75, 3.05) is 18.9 Å². The van der Waals surface area contributed by atoms with E-state index in [2.05, 4.69) is 10.3 Å². The summed E-state index contributed by atoms with van der Waals surface area (Å²) in [6, 6.07) is 8.78. The summed E-state index contributed by atoms with van der Waals surface area (Å²) >= 11 is 5.04. The molecule has 1 aromatic heterocycles. The Balaban J connectivity index is 2.01. The molecule has 5 nitrogen and oxygen atoms in total. The number of benzene rings is 1. The lowest BCUT2D eigenvalue weighted by molar-refractivity contribution is -0.116. The minimum absolute atomic E-state index is 0.168. The van der Waals surface area contributed by atoms with Crippen molar-refractivity contribution in [3.63, 3.8) is 0 Å². The topological polar surface area (TPSA) is 65.2 Å². The fourth-order valence-electron chi connectivity index (χ4n) is 1.85. The molecule has 0 radical (unpaired) electrons. The Morgan fingerprint density at radius 1 is 1.32 bits per heavy atom. The zero-order valence-corrected chi connectivity index (χ0v) is 12.6. The second-order valence-corrected chi connectivity index (χ2v) is 5.04. The number of aromatic amines is 1. The monoisotopic (exact) mass is 319 g/mol. The van der Waals surface area contributed by atoms with Gasteiger partial charge in [-0.2, -0.15) is 0 Å². The van der Waals surface area contributed by atoms with Crippen LogP contribution in [0.3, 0.4) is 0 Å². The number of carbonyl (C=O) groups is 2. The molecule has 2 rings (SSSR count). The van der Waals surface area contributed by atoms with Gasteiger partial charge in [-0.3, -0.25) is 9.59 Å². The van der Waals surface area contributed by atoms with Crippen molar-refractivity contribution in [2.24, 2.45) is 0 Å². The summed E-state index contributed by atoms with van der Waals surface area (Å²) in [4.78, 5) is 28.1. The van der Waals surface area contributed by atoms with Crippen LogP contribution >= 0.6 is 12.2 Å². The largest absolute Gasteiger partial charge is 0.352 e. The van der Waals surface area contributed by atoms with E-state index in [1.54, 1.807) is 24.4 Å². The molecule has 0 unspecified atom stereocenters. The Morgan fingerprint density at radius 3 is 2.77 bits per heavy atom. The van der Waals surface area contributed by atoms with Crippen molar-refractivity contribution in [1.82, 2.24) is 9.88 Å². The molecule has 0 atom stereocenters. The molecule has 0 saturated heterocycles. The van der Waals surface area contributed by atoms with Crippen LogP contribution in [0, 0.1) is 10.5 Å². The van der Waals surface area contributed by atoms with E-state index in [9.17, 15) is 14.0 Å². The van der Waals surface area contributed by atoms with E-state index >= 15 is 0 Å². The number of amides is 2. The van der Waals surface area contributed by atoms with Crippen LogP contribution in [0.25, 0.3) is 0 Å². The van der Waals surface area contributed by atoms with Gasteiger partial charge in [0, 0.05) is 18.9 Å². The van der Waals surface area contributed by atoms with Crippen molar-refractivity contribution in [2.45, 2.75) is 0 Å². The molecule has 2 aromatic rings. The molecule has 0 aliphatic rings. The number of nitrogens with one attached hydrogen (secondary N) is 2. The van der Waals surface area contributed by atoms with Crippen LogP contribution in [0.4, 0.5) is 10.1 Å². The average molecular weight is 319 g/mol. The van der Waals surface area contributed by atoms with Crippen LogP contribution in [0.15, 0.2) is 42.6 Å². The molecule has 0 aliphatic heterocycles. The van der Waals surface area contributed by atoms with Gasteiger partial charge < -0.3 is 15.2 Å². The Kier molecular flexibility index (Phi) is 5.00. The standard InChI is InChI=1S/C15H14FN3O2S/c1-19(15(21)12-6-3-7-17-14(12)22)9-13(20)18-11-5-2-4-10(16)8-11/h2-8H,9H2,1H3,(H,17,22)(H,18,20). The number of halogens is 1. The third kappa shape index (κ3) is 3.98. The van der Waals surface area contributed by atoms with Crippen molar-refractivity contribution in [3.8, 4) is 0 Å². The first-order valence-corrected chi connectivity index (χ1v) is 6.87. The van der Waals surface area contributed by atoms with Gasteiger partial charge in [0.2, 0.25) is 5.91 Å². The second kappa shape index (κ2) is 6.95. The zero-order valence-electron chi connectivity index (χ0n) is 11.8. The summed E-state index contributed by atoms with van der Waals surface area (Å²) in [7, 11) is 1.50. The van der Waals surface area contributed by atoms with Crippen LogP contribution in [0.1, 0.15) is 10.4 Å². The van der Waals surface area contributed by atoms with E-state index in [-0.39, 0.29) is 12.5 Å². The molecule has 22 heavy (non-hydrogen) atoms. The van der Waals surface area contributed by atoms with Crippen LogP contribution < -0.4 is 5.32 Å². The minimum Gasteiger partial charge on any atom is -0.352 e. The first kappa shape index (κ1) is 15.8. The number of aromatic nitrogens is 1. The molecule has 0 aliphatic carbocycles. The predicted molar refractivity (Wildman–Crippen MR) is 83.6 cm³/mol. The quantitative estimate of drug-likeness (QED) is 0.851. The number of hydrogen-bond acceptors (Lipinski definition) is 3. The average Bonchev–Trinajstić information content (AvgIpc) is 2.46. The molecule has 1 heterocycles. The number of anilines is 1. The fraction of sp³-hybridized carbons (Fsp3) is 0.133. The van der Waals surface area contributed by atoms with Crippen molar-refractivity contribution < 1.29 is 14.0 Å². The zero-order chi connectivity index (χ0) is 16.1. The second-order valence-electron chi connectivity index (χ2n) is 4.63. The number of rotatable bonds is 4. The van der Waals surface area contributed by atoms with Gasteiger partial charge in [0.25, 0.3) is 5.91 Å². The molecule has 2 N–H and O–H groups in total. The maximum Gasteiger partial charge on any atom is 0.257 e. The maximum absolute atomic E-state index is 13.0. The lowest BCUT2D eigenvalue weighted by Gasteiger charge is -2.16. The molecule has 0 spiro atoms. The van der Waals surface area contributed by atoms with Crippen LogP contribution in [0.2, 0.25) is 0 Å². The van der Waals surface area contributed by atoms with Crippen molar-refractivity contribution in [3.05, 3.63) is 58.6 Å². The molecular formula is C15H14FN3O2S. The molecule has 0 fully saturated rings. The van der Waals surface area contributed by atoms with E-state index < -0.39 is 11.7 Å². The van der Waals surface area contributed by atoms with Gasteiger partial charge in [-0.1, -0.05) is 18.3 Å². The van der Waals surface area contributed by atoms with Gasteiger partial charge in [0.15, 0.2) is 0 Å². The number of hydrogen-bond donors (Lipinski definition) is 2. The molecule has 7 heteroatoms. The van der Waals surface area contributed by atoms with E-state index in [0.717, 1.165) is 0 Å². The lowest BCUT2D eigenvalue weighted by atomic mass is 10.2. The first-order valence-electron chi connectivity index (χ1n) is 6.46. The van der Waals surface area contributed by atoms with E-state index in [1.165, 1.54) is 30.1 Å². The van der Waals surface area contributed by atoms with E-state index in [4.69, 9.17) is 12.2 Å². The van der Waals surface area contributed by atoms with Gasteiger partial charge in [0.05, 0.1) is 12.1 Å². The van der Waals surface area contributed by atoms with Crippen molar-refractivity contribution >= 4 is 29.7 Å². The van der Waals surface area contributed by atoms with Crippen LogP contribution in [0.5, 0.6) is 0 Å². The van der Waals surface area contributed by atoms with Crippen LogP contribution in [-0.2, 0) is 4.79 Å². The number of nitrogens with zero attached hydrogens (tertiary/aromatic N) is 1. The molecular weight excluding hydrogens is 305 g/mol. The summed E-state index contributed by atoms with van der Waals surface area (Å²) in [5, 5.41) is 2.53. The molecule has 1 aromatic carbocycles. The normalized spacial score (nSPS) is 10.1. The van der Waals surface area contributed by atoms with Gasteiger partial charge in [-0.05, 0) is 30.3 Å². The highest BCUT2D eigenvalue weighted by molar-refractivity contribution is 7.71. The lowest BCUT2D eigenvalue weighted by Crippen LogP contribution is -2.35. The first-order chi connectivity index (χ1) is 10.5. The molecule has 0 bridgehead atoms. The van der Waals surface area contributed by atoms with Gasteiger partial charge in [-0.15, -0.1) is 0 Å². The number of likely N-dealkylation sites (N-methyl/N-ethyl adjacent to an activating group) is 1. The summed E-state index contributed by atoms with van der Waals surface area (Å²) in [5.74, 6) is -1.23. The number of H-pyrrole nitrogens is 1. The maximum atomic E-state index is 13.0. The SMILES string of the molecule is CN(CC(=O)Nc1cccc(F)c1)C(=O)c1ccc[nH]c1=S. The third-order valence-electron chi connectivity index (χ3n) is 2.88. The summed E-state index contributed by atoms with van der Waals surface area (Å²) in [6.07, 6.45) is 1.62. The highest BCUT2D eigenvalue weighted by atomic mass is 32.1. The fourth-order valence-corrected chi connectivity index (χ4v) is 2.07. The molecule has 2 amide bonds. The Hall–Kier alpha value is -2.54. The van der Waals surface area contributed by atoms with Gasteiger partial charge >= 0.3 is 0 Å². The highest BCUT2D eigenvalue weighted by Gasteiger charge is 2.16. The summed E-state index contributed by atoms with van der Waals surface area (Å²) in [5.41, 5.74) is 0.654. The van der Waals surface area contributed by atoms with Crippen molar-refractivity contribution in [1.29, 1.82) is 0 Å². The van der Waals surface area contributed by atoms with E-state index in [1.807, 2.05) is 0 Å². The Labute approximate surface area is 131 Å². The molecule has 114 valence electrons. The van der Waals surface area contributed by atoms with Gasteiger partial charge in [0.1, 0.15) is 10.5 Å². The number of pyridine rings is 1. The van der Waals surface area contributed by atoms with E-state index in [0.29, 0.717) is 15.9 Å². The molecule has 0 saturated carbocycles. The Morgan fingerprint density at radius 2 is 2.09 bits per heavy atom. The predicted octanol–water partition coefficient (Wildman–Crippen LogP) is 2.59. The minimum atomic E-state index is -0.446.